The fraction of sp³-hybridized carbons (Fsp3) is 0.0800. The second kappa shape index (κ2) is 11.2. The highest BCUT2D eigenvalue weighted by Gasteiger charge is 2.18. The van der Waals surface area contributed by atoms with Gasteiger partial charge in [0.15, 0.2) is 0 Å². The van der Waals surface area contributed by atoms with Crippen LogP contribution in [0, 0.1) is 0 Å². The van der Waals surface area contributed by atoms with Gasteiger partial charge in [0.25, 0.3) is 0 Å². The van der Waals surface area contributed by atoms with Crippen LogP contribution in [0.4, 0.5) is 0 Å². The molecule has 0 spiro atoms. The first-order valence-corrected chi connectivity index (χ1v) is 17.9. The van der Waals surface area contributed by atoms with Gasteiger partial charge in [-0.25, -0.2) is 0 Å². The minimum atomic E-state index is 0.130. The molecule has 0 radical (unpaired) electrons. The van der Waals surface area contributed by atoms with Gasteiger partial charge in [0.1, 0.15) is 0 Å². The molecule has 0 N–H and O–H groups in total. The lowest BCUT2D eigenvalue weighted by Gasteiger charge is -2.20. The second-order valence-corrected chi connectivity index (χ2v) is 15.0. The summed E-state index contributed by atoms with van der Waals surface area (Å²) in [6, 6.07) is 63.0. The first-order valence-electron chi connectivity index (χ1n) is 17.9. The van der Waals surface area contributed by atoms with E-state index < -0.39 is 0 Å². The molecule has 1 nitrogen and oxygen atoms in total. The van der Waals surface area contributed by atoms with E-state index in [0.29, 0.717) is 0 Å². The Morgan fingerprint density at radius 2 is 0.882 bits per heavy atom. The normalized spacial score (nSPS) is 12.2. The number of para-hydroxylation sites is 1. The molecule has 0 bridgehead atoms. The summed E-state index contributed by atoms with van der Waals surface area (Å²) in [6.07, 6.45) is 0. The maximum Gasteiger partial charge on any atom is 0.0547 e. The number of hydrogen-bond acceptors (Lipinski definition) is 0. The fourth-order valence-corrected chi connectivity index (χ4v) is 8.30. The van der Waals surface area contributed by atoms with Crippen LogP contribution in [0.2, 0.25) is 0 Å². The van der Waals surface area contributed by atoms with Crippen molar-refractivity contribution in [3.05, 3.63) is 175 Å². The number of fused-ring (bicyclic) bond motifs is 3. The van der Waals surface area contributed by atoms with Gasteiger partial charge in [-0.1, -0.05) is 166 Å². The number of rotatable bonds is 4. The molecule has 0 aliphatic heterocycles. The summed E-state index contributed by atoms with van der Waals surface area (Å²) < 4.78 is 2.42. The highest BCUT2D eigenvalue weighted by atomic mass is 15.0. The predicted molar refractivity (Wildman–Crippen MR) is 219 cm³/mol. The van der Waals surface area contributed by atoms with Crippen molar-refractivity contribution in [3.8, 4) is 39.1 Å². The summed E-state index contributed by atoms with van der Waals surface area (Å²) in [6.45, 7) is 6.82. The summed E-state index contributed by atoms with van der Waals surface area (Å²) in [5.41, 5.74) is 12.6. The zero-order valence-corrected chi connectivity index (χ0v) is 29.1. The average Bonchev–Trinajstić information content (AvgIpc) is 3.50. The molecule has 10 aromatic rings. The van der Waals surface area contributed by atoms with Crippen molar-refractivity contribution in [1.29, 1.82) is 0 Å². The molecule has 10 rings (SSSR count). The van der Waals surface area contributed by atoms with Gasteiger partial charge in [-0.2, -0.15) is 0 Å². The van der Waals surface area contributed by atoms with Crippen molar-refractivity contribution in [3.63, 3.8) is 0 Å². The van der Waals surface area contributed by atoms with Gasteiger partial charge in [-0.3, -0.25) is 0 Å². The van der Waals surface area contributed by atoms with Crippen LogP contribution in [-0.2, 0) is 5.41 Å². The second-order valence-electron chi connectivity index (χ2n) is 15.0. The Morgan fingerprint density at radius 1 is 0.373 bits per heavy atom. The lowest BCUT2D eigenvalue weighted by atomic mass is 9.85. The van der Waals surface area contributed by atoms with Gasteiger partial charge in [-0.05, 0) is 101 Å². The lowest BCUT2D eigenvalue weighted by Crippen LogP contribution is -2.10. The number of benzene rings is 9. The third kappa shape index (κ3) is 4.69. The van der Waals surface area contributed by atoms with Gasteiger partial charge in [0, 0.05) is 16.5 Å². The molecule has 1 heterocycles. The summed E-state index contributed by atoms with van der Waals surface area (Å²) >= 11 is 0. The minimum Gasteiger partial charge on any atom is -0.309 e. The Morgan fingerprint density at radius 3 is 1.51 bits per heavy atom. The van der Waals surface area contributed by atoms with Crippen molar-refractivity contribution in [1.82, 2.24) is 4.57 Å². The Hall–Kier alpha value is -6.18. The molecule has 0 unspecified atom stereocenters. The molecule has 0 aliphatic carbocycles. The molecule has 1 heteroatoms. The average molecular weight is 652 g/mol. The monoisotopic (exact) mass is 651 g/mol. The Balaban J connectivity index is 1.11. The molecule has 9 aromatic carbocycles. The molecule has 0 saturated carbocycles. The largest absolute Gasteiger partial charge is 0.309 e. The Bertz CT molecular complexity index is 2900. The van der Waals surface area contributed by atoms with Gasteiger partial charge in [0.05, 0.1) is 11.0 Å². The van der Waals surface area contributed by atoms with E-state index >= 15 is 0 Å². The van der Waals surface area contributed by atoms with Crippen LogP contribution in [0.15, 0.2) is 170 Å². The van der Waals surface area contributed by atoms with E-state index in [1.165, 1.54) is 93.1 Å². The highest BCUT2D eigenvalue weighted by molar-refractivity contribution is 6.27. The quantitative estimate of drug-likeness (QED) is 0.167. The molecule has 0 fully saturated rings. The lowest BCUT2D eigenvalue weighted by molar-refractivity contribution is 0.590. The minimum absolute atomic E-state index is 0.130. The molecule has 0 atom stereocenters. The number of aromatic nitrogens is 1. The zero-order valence-electron chi connectivity index (χ0n) is 29.1. The Kier molecular flexibility index (Phi) is 6.51. The standard InChI is InChI=1S/C50H37N/c1-50(2,3)38-22-13-33(14-23-38)40-26-17-35-20-30-45-41(27-18-36-19-29-44(40)48(35)49(36)45)34-15-24-39(25-16-34)51-46-12-8-7-11-42(46)43-28-21-37(31-47(43)51)32-9-5-4-6-10-32/h4-31H,1-3H3. The van der Waals surface area contributed by atoms with E-state index in [2.05, 4.69) is 195 Å². The maximum atomic E-state index is 2.42. The molecule has 0 saturated heterocycles. The molecule has 242 valence electrons. The van der Waals surface area contributed by atoms with Crippen LogP contribution in [0.3, 0.4) is 0 Å². The molecule has 0 aliphatic rings. The van der Waals surface area contributed by atoms with E-state index in [-0.39, 0.29) is 5.41 Å². The Labute approximate surface area is 298 Å². The van der Waals surface area contributed by atoms with Crippen LogP contribution in [0.25, 0.3) is 93.2 Å². The van der Waals surface area contributed by atoms with Gasteiger partial charge in [-0.15, -0.1) is 0 Å². The van der Waals surface area contributed by atoms with Gasteiger partial charge >= 0.3 is 0 Å². The summed E-state index contributed by atoms with van der Waals surface area (Å²) in [7, 11) is 0. The number of nitrogens with zero attached hydrogens (tertiary/aromatic N) is 1. The third-order valence-corrected chi connectivity index (χ3v) is 10.9. The van der Waals surface area contributed by atoms with Crippen LogP contribution < -0.4 is 0 Å². The van der Waals surface area contributed by atoms with Gasteiger partial charge < -0.3 is 4.57 Å². The first-order chi connectivity index (χ1) is 24.9. The summed E-state index contributed by atoms with van der Waals surface area (Å²) in [5, 5.41) is 10.4. The van der Waals surface area contributed by atoms with Crippen molar-refractivity contribution >= 4 is 54.1 Å². The SMILES string of the molecule is CC(C)(C)c1ccc(-c2ccc3ccc4c(-c5ccc(-n6c7ccccc7c7ccc(-c8ccccc8)cc76)cc5)ccc5ccc2c3c54)cc1. The smallest absolute Gasteiger partial charge is 0.0547 e. The summed E-state index contributed by atoms with van der Waals surface area (Å²) in [4.78, 5) is 0. The third-order valence-electron chi connectivity index (χ3n) is 10.9. The van der Waals surface area contributed by atoms with Crippen LogP contribution >= 0.6 is 0 Å². The van der Waals surface area contributed by atoms with Crippen LogP contribution in [-0.4, -0.2) is 4.57 Å². The molecule has 1 aromatic heterocycles. The van der Waals surface area contributed by atoms with Crippen LogP contribution in [0.1, 0.15) is 26.3 Å². The molecule has 51 heavy (non-hydrogen) atoms. The zero-order chi connectivity index (χ0) is 34.3. The van der Waals surface area contributed by atoms with Crippen molar-refractivity contribution < 1.29 is 0 Å². The highest BCUT2D eigenvalue weighted by Crippen LogP contribution is 2.43. The van der Waals surface area contributed by atoms with E-state index in [9.17, 15) is 0 Å². The van der Waals surface area contributed by atoms with E-state index in [1.807, 2.05) is 0 Å². The molecular formula is C50H37N. The molecule has 0 amide bonds. The van der Waals surface area contributed by atoms with Crippen molar-refractivity contribution in [2.75, 3.05) is 0 Å². The van der Waals surface area contributed by atoms with Crippen LogP contribution in [0.5, 0.6) is 0 Å². The first kappa shape index (κ1) is 29.7. The topological polar surface area (TPSA) is 4.93 Å². The van der Waals surface area contributed by atoms with E-state index in [4.69, 9.17) is 0 Å². The van der Waals surface area contributed by atoms with Crippen molar-refractivity contribution in [2.45, 2.75) is 26.2 Å². The fourth-order valence-electron chi connectivity index (χ4n) is 8.30. The molecular weight excluding hydrogens is 615 g/mol. The van der Waals surface area contributed by atoms with E-state index in [1.54, 1.807) is 0 Å². The summed E-state index contributed by atoms with van der Waals surface area (Å²) in [5.74, 6) is 0. The van der Waals surface area contributed by atoms with E-state index in [0.717, 1.165) is 5.69 Å². The predicted octanol–water partition coefficient (Wildman–Crippen LogP) is 14.0. The van der Waals surface area contributed by atoms with Crippen molar-refractivity contribution in [2.24, 2.45) is 0 Å². The maximum absolute atomic E-state index is 2.42. The van der Waals surface area contributed by atoms with Gasteiger partial charge in [0.2, 0.25) is 0 Å². The number of hydrogen-bond donors (Lipinski definition) is 0.